The number of hydrogen-bond acceptors (Lipinski definition) is 4. The molecule has 6 nitrogen and oxygen atoms in total. The van der Waals surface area contributed by atoms with Crippen LogP contribution in [0.3, 0.4) is 0 Å². The lowest BCUT2D eigenvalue weighted by Crippen LogP contribution is -2.50. The highest BCUT2D eigenvalue weighted by atomic mass is 35.5. The van der Waals surface area contributed by atoms with Crippen molar-refractivity contribution in [2.75, 3.05) is 32.4 Å². The predicted molar refractivity (Wildman–Crippen MR) is 76.6 cm³/mol. The van der Waals surface area contributed by atoms with Crippen molar-refractivity contribution < 1.29 is 21.2 Å². The van der Waals surface area contributed by atoms with E-state index in [1.807, 2.05) is 0 Å². The SMILES string of the molecule is CS(=O)(=O)N1CCN(S(=O)(=O)c2ccc(F)c(Cl)c2)CC1. The van der Waals surface area contributed by atoms with E-state index in [0.717, 1.165) is 28.8 Å². The van der Waals surface area contributed by atoms with E-state index in [-0.39, 0.29) is 36.1 Å². The summed E-state index contributed by atoms with van der Waals surface area (Å²) in [4.78, 5) is -0.110. The zero-order valence-electron chi connectivity index (χ0n) is 11.2. The summed E-state index contributed by atoms with van der Waals surface area (Å²) in [7, 11) is -7.14. The summed E-state index contributed by atoms with van der Waals surface area (Å²) in [5, 5.41) is -0.272. The second kappa shape index (κ2) is 5.81. The van der Waals surface area contributed by atoms with Crippen molar-refractivity contribution in [3.63, 3.8) is 0 Å². The van der Waals surface area contributed by atoms with Crippen molar-refractivity contribution in [1.29, 1.82) is 0 Å². The molecule has 1 fully saturated rings. The monoisotopic (exact) mass is 356 g/mol. The molecule has 0 amide bonds. The summed E-state index contributed by atoms with van der Waals surface area (Å²) in [6, 6.07) is 3.18. The maximum Gasteiger partial charge on any atom is 0.243 e. The van der Waals surface area contributed by atoms with Gasteiger partial charge in [-0.1, -0.05) is 11.6 Å². The summed E-state index contributed by atoms with van der Waals surface area (Å²) >= 11 is 5.60. The van der Waals surface area contributed by atoms with E-state index in [1.54, 1.807) is 0 Å². The van der Waals surface area contributed by atoms with Gasteiger partial charge < -0.3 is 0 Å². The Morgan fingerprint density at radius 2 is 1.57 bits per heavy atom. The van der Waals surface area contributed by atoms with Crippen molar-refractivity contribution in [2.45, 2.75) is 4.90 Å². The van der Waals surface area contributed by atoms with E-state index < -0.39 is 25.9 Å². The van der Waals surface area contributed by atoms with E-state index in [2.05, 4.69) is 0 Å². The minimum atomic E-state index is -3.81. The fourth-order valence-electron chi connectivity index (χ4n) is 2.03. The standard InChI is InChI=1S/C11H14ClFN2O4S2/c1-20(16,17)14-4-6-15(7-5-14)21(18,19)9-2-3-11(13)10(12)8-9/h2-3,8H,4-7H2,1H3. The number of benzene rings is 1. The van der Waals surface area contributed by atoms with Crippen LogP contribution in [-0.2, 0) is 20.0 Å². The van der Waals surface area contributed by atoms with E-state index in [4.69, 9.17) is 11.6 Å². The number of sulfonamides is 2. The Labute approximate surface area is 128 Å². The summed E-state index contributed by atoms with van der Waals surface area (Å²) in [6.07, 6.45) is 1.08. The second-order valence-corrected chi connectivity index (χ2v) is 8.97. The van der Waals surface area contributed by atoms with Crippen molar-refractivity contribution in [3.8, 4) is 0 Å². The lowest BCUT2D eigenvalue weighted by Gasteiger charge is -2.32. The largest absolute Gasteiger partial charge is 0.243 e. The molecule has 10 heteroatoms. The zero-order valence-corrected chi connectivity index (χ0v) is 13.5. The van der Waals surface area contributed by atoms with Crippen LogP contribution in [0.5, 0.6) is 0 Å². The van der Waals surface area contributed by atoms with Crippen LogP contribution in [0.1, 0.15) is 0 Å². The van der Waals surface area contributed by atoms with Crippen LogP contribution < -0.4 is 0 Å². The smallest absolute Gasteiger partial charge is 0.213 e. The highest BCUT2D eigenvalue weighted by Gasteiger charge is 2.31. The summed E-state index contributed by atoms with van der Waals surface area (Å²) in [5.41, 5.74) is 0. The normalized spacial score (nSPS) is 18.8. The minimum Gasteiger partial charge on any atom is -0.213 e. The molecule has 1 aliphatic rings. The first kappa shape index (κ1) is 16.6. The third kappa shape index (κ3) is 3.54. The highest BCUT2D eigenvalue weighted by molar-refractivity contribution is 7.89. The average molecular weight is 357 g/mol. The van der Waals surface area contributed by atoms with Gasteiger partial charge in [-0.05, 0) is 18.2 Å². The summed E-state index contributed by atoms with van der Waals surface area (Å²) in [6.45, 7) is 0.273. The van der Waals surface area contributed by atoms with Crippen molar-refractivity contribution in [1.82, 2.24) is 8.61 Å². The Hall–Kier alpha value is -0.740. The van der Waals surface area contributed by atoms with E-state index >= 15 is 0 Å². The van der Waals surface area contributed by atoms with E-state index in [9.17, 15) is 21.2 Å². The van der Waals surface area contributed by atoms with Crippen LogP contribution in [0.4, 0.5) is 4.39 Å². The van der Waals surface area contributed by atoms with Gasteiger partial charge >= 0.3 is 0 Å². The first-order valence-corrected chi connectivity index (χ1v) is 9.69. The lowest BCUT2D eigenvalue weighted by atomic mass is 10.3. The molecular weight excluding hydrogens is 343 g/mol. The lowest BCUT2D eigenvalue weighted by molar-refractivity contribution is 0.274. The molecule has 0 aromatic heterocycles. The van der Waals surface area contributed by atoms with Gasteiger partial charge in [-0.25, -0.2) is 21.2 Å². The van der Waals surface area contributed by atoms with E-state index in [1.165, 1.54) is 4.31 Å². The van der Waals surface area contributed by atoms with Gasteiger partial charge in [0.15, 0.2) is 0 Å². The van der Waals surface area contributed by atoms with Gasteiger partial charge in [0.25, 0.3) is 0 Å². The Bertz CT molecular complexity index is 743. The Morgan fingerprint density at radius 3 is 2.05 bits per heavy atom. The number of piperazine rings is 1. The van der Waals surface area contributed by atoms with E-state index in [0.29, 0.717) is 0 Å². The van der Waals surface area contributed by atoms with Crippen molar-refractivity contribution in [3.05, 3.63) is 29.0 Å². The van der Waals surface area contributed by atoms with Crippen LogP contribution in [0.2, 0.25) is 5.02 Å². The summed E-state index contributed by atoms with van der Waals surface area (Å²) < 4.78 is 63.0. The van der Waals surface area contributed by atoms with Crippen molar-refractivity contribution in [2.24, 2.45) is 0 Å². The van der Waals surface area contributed by atoms with Gasteiger partial charge in [0.1, 0.15) is 5.82 Å². The average Bonchev–Trinajstić information content (AvgIpc) is 2.41. The quantitative estimate of drug-likeness (QED) is 0.800. The maximum absolute atomic E-state index is 13.1. The molecule has 1 saturated heterocycles. The zero-order chi connectivity index (χ0) is 15.8. The van der Waals surface area contributed by atoms with Gasteiger partial charge in [0.2, 0.25) is 20.0 Å². The molecule has 0 bridgehead atoms. The molecule has 0 aliphatic carbocycles. The third-order valence-electron chi connectivity index (χ3n) is 3.20. The number of rotatable bonds is 3. The van der Waals surface area contributed by atoms with Crippen LogP contribution >= 0.6 is 11.6 Å². The first-order valence-electron chi connectivity index (χ1n) is 6.03. The molecule has 0 radical (unpaired) electrons. The number of nitrogens with zero attached hydrogens (tertiary/aromatic N) is 2. The molecule has 0 N–H and O–H groups in total. The van der Waals surface area contributed by atoms with Crippen LogP contribution in [0.15, 0.2) is 23.1 Å². The molecule has 0 spiro atoms. The third-order valence-corrected chi connectivity index (χ3v) is 6.68. The molecule has 1 aromatic rings. The topological polar surface area (TPSA) is 74.8 Å². The molecule has 21 heavy (non-hydrogen) atoms. The van der Waals surface area contributed by atoms with Crippen LogP contribution in [-0.4, -0.2) is 57.9 Å². The van der Waals surface area contributed by atoms with Gasteiger partial charge in [-0.3, -0.25) is 0 Å². The summed E-state index contributed by atoms with van der Waals surface area (Å²) in [5.74, 6) is -0.697. The first-order chi connectivity index (χ1) is 9.62. The number of hydrogen-bond donors (Lipinski definition) is 0. The molecule has 118 valence electrons. The molecule has 1 heterocycles. The molecule has 1 aliphatic heterocycles. The second-order valence-electron chi connectivity index (χ2n) is 4.64. The fourth-order valence-corrected chi connectivity index (χ4v) is 4.55. The molecule has 0 atom stereocenters. The fraction of sp³-hybridized carbons (Fsp3) is 0.455. The Kier molecular flexibility index (Phi) is 4.60. The minimum absolute atomic E-state index is 0.0460. The van der Waals surface area contributed by atoms with Gasteiger partial charge in [0.05, 0.1) is 16.2 Å². The van der Waals surface area contributed by atoms with Crippen LogP contribution in [0.25, 0.3) is 0 Å². The maximum atomic E-state index is 13.1. The Balaban J connectivity index is 2.20. The molecule has 0 saturated carbocycles. The van der Waals surface area contributed by atoms with Crippen LogP contribution in [0, 0.1) is 5.82 Å². The molecule has 0 unspecified atom stereocenters. The molecule has 1 aromatic carbocycles. The Morgan fingerprint density at radius 1 is 1.05 bits per heavy atom. The molecule has 2 rings (SSSR count). The predicted octanol–water partition coefficient (Wildman–Crippen LogP) is 0.745. The molecular formula is C11H14ClFN2O4S2. The van der Waals surface area contributed by atoms with Crippen molar-refractivity contribution >= 4 is 31.6 Å². The number of halogens is 2. The highest BCUT2D eigenvalue weighted by Crippen LogP contribution is 2.23. The van der Waals surface area contributed by atoms with Gasteiger partial charge in [0, 0.05) is 26.2 Å². The van der Waals surface area contributed by atoms with Gasteiger partial charge in [-0.15, -0.1) is 0 Å². The van der Waals surface area contributed by atoms with Gasteiger partial charge in [-0.2, -0.15) is 8.61 Å².